The van der Waals surface area contributed by atoms with Crippen LogP contribution in [0, 0.1) is 0 Å². The molecule has 3 nitrogen and oxygen atoms in total. The van der Waals surface area contributed by atoms with Crippen LogP contribution in [0.15, 0.2) is 18.2 Å². The van der Waals surface area contributed by atoms with Crippen molar-refractivity contribution in [3.63, 3.8) is 0 Å². The van der Waals surface area contributed by atoms with Gasteiger partial charge in [0.1, 0.15) is 0 Å². The summed E-state index contributed by atoms with van der Waals surface area (Å²) >= 11 is 12.6. The molecule has 3 heterocycles. The van der Waals surface area contributed by atoms with Crippen molar-refractivity contribution in [3.8, 4) is 0 Å². The molecule has 1 N–H and O–H groups in total. The third kappa shape index (κ3) is 2.83. The van der Waals surface area contributed by atoms with Crippen LogP contribution in [0.3, 0.4) is 0 Å². The molecule has 0 spiro atoms. The average molecular weight is 314 g/mol. The van der Waals surface area contributed by atoms with Gasteiger partial charge in [-0.1, -0.05) is 29.3 Å². The Labute approximate surface area is 130 Å². The number of rotatable bonds is 4. The molecule has 3 aliphatic heterocycles. The van der Waals surface area contributed by atoms with Gasteiger partial charge in [0.25, 0.3) is 0 Å². The van der Waals surface area contributed by atoms with Crippen molar-refractivity contribution in [2.45, 2.75) is 18.5 Å². The minimum absolute atomic E-state index is 0.385. The number of hydrogen-bond donors (Lipinski definition) is 1. The van der Waals surface area contributed by atoms with Crippen molar-refractivity contribution >= 4 is 23.2 Å². The minimum Gasteiger partial charge on any atom is -0.315 e. The second-order valence-electron chi connectivity index (χ2n) is 5.70. The van der Waals surface area contributed by atoms with E-state index in [1.807, 2.05) is 25.2 Å². The number of likely N-dealkylation sites (N-methyl/N-ethyl adjacent to an activating group) is 1. The van der Waals surface area contributed by atoms with Crippen molar-refractivity contribution in [3.05, 3.63) is 33.8 Å². The maximum atomic E-state index is 6.31. The van der Waals surface area contributed by atoms with Crippen LogP contribution in [-0.2, 0) is 6.42 Å². The molecule has 0 amide bonds. The van der Waals surface area contributed by atoms with Gasteiger partial charge in [0.2, 0.25) is 0 Å². The first-order chi connectivity index (χ1) is 9.69. The van der Waals surface area contributed by atoms with E-state index in [9.17, 15) is 0 Å². The normalized spacial score (nSPS) is 30.4. The van der Waals surface area contributed by atoms with E-state index in [4.69, 9.17) is 23.2 Å². The largest absolute Gasteiger partial charge is 0.315 e. The smallest absolute Gasteiger partial charge is 0.0453 e. The monoisotopic (exact) mass is 313 g/mol. The summed E-state index contributed by atoms with van der Waals surface area (Å²) in [7, 11) is 2.04. The minimum atomic E-state index is 0.385. The lowest BCUT2D eigenvalue weighted by Crippen LogP contribution is -2.66. The highest BCUT2D eigenvalue weighted by atomic mass is 35.5. The average Bonchev–Trinajstić information content (AvgIpc) is 2.48. The summed E-state index contributed by atoms with van der Waals surface area (Å²) in [6.07, 6.45) is 0.879. The summed E-state index contributed by atoms with van der Waals surface area (Å²) in [6, 6.07) is 6.68. The van der Waals surface area contributed by atoms with Crippen LogP contribution in [0.25, 0.3) is 0 Å². The highest BCUT2D eigenvalue weighted by Crippen LogP contribution is 2.28. The molecule has 3 aliphatic rings. The van der Waals surface area contributed by atoms with E-state index in [0.717, 1.165) is 28.6 Å². The highest BCUT2D eigenvalue weighted by molar-refractivity contribution is 6.36. The van der Waals surface area contributed by atoms with E-state index in [1.165, 1.54) is 26.2 Å². The summed E-state index contributed by atoms with van der Waals surface area (Å²) < 4.78 is 0. The molecule has 2 unspecified atom stereocenters. The summed E-state index contributed by atoms with van der Waals surface area (Å²) in [5.74, 6) is 0. The van der Waals surface area contributed by atoms with Crippen molar-refractivity contribution in [1.29, 1.82) is 0 Å². The van der Waals surface area contributed by atoms with Gasteiger partial charge in [0, 0.05) is 54.9 Å². The number of halogens is 2. The molecule has 1 aromatic carbocycles. The third-order valence-electron chi connectivity index (χ3n) is 4.64. The lowest BCUT2D eigenvalue weighted by atomic mass is 9.94. The fraction of sp³-hybridized carbons (Fsp3) is 0.600. The topological polar surface area (TPSA) is 18.5 Å². The van der Waals surface area contributed by atoms with Crippen LogP contribution in [-0.4, -0.2) is 61.7 Å². The number of nitrogens with zero attached hydrogens (tertiary/aromatic N) is 2. The molecule has 0 aliphatic carbocycles. The molecular weight excluding hydrogens is 293 g/mol. The quantitative estimate of drug-likeness (QED) is 0.918. The first-order valence-corrected chi connectivity index (χ1v) is 8.01. The van der Waals surface area contributed by atoms with E-state index in [2.05, 4.69) is 15.1 Å². The zero-order valence-electron chi connectivity index (χ0n) is 11.8. The molecule has 1 aromatic rings. The van der Waals surface area contributed by atoms with E-state index in [-0.39, 0.29) is 0 Å². The second-order valence-corrected chi connectivity index (χ2v) is 6.52. The number of hydrogen-bond acceptors (Lipinski definition) is 3. The van der Waals surface area contributed by atoms with Gasteiger partial charge in [-0.25, -0.2) is 0 Å². The van der Waals surface area contributed by atoms with Crippen LogP contribution in [0.5, 0.6) is 0 Å². The zero-order chi connectivity index (χ0) is 14.1. The molecule has 5 heteroatoms. The molecule has 0 saturated carbocycles. The van der Waals surface area contributed by atoms with Gasteiger partial charge >= 0.3 is 0 Å². The van der Waals surface area contributed by atoms with Gasteiger partial charge in [-0.05, 0) is 31.2 Å². The summed E-state index contributed by atoms with van der Waals surface area (Å²) in [6.45, 7) is 5.92. The molecular formula is C15H21Cl2N3. The lowest BCUT2D eigenvalue weighted by molar-refractivity contribution is -0.00201. The molecule has 110 valence electrons. The van der Waals surface area contributed by atoms with Gasteiger partial charge in [0.15, 0.2) is 0 Å². The second kappa shape index (κ2) is 6.20. The van der Waals surface area contributed by atoms with Crippen molar-refractivity contribution in [2.75, 3.05) is 39.8 Å². The van der Waals surface area contributed by atoms with Gasteiger partial charge in [-0.3, -0.25) is 9.80 Å². The van der Waals surface area contributed by atoms with Crippen molar-refractivity contribution in [1.82, 2.24) is 15.1 Å². The van der Waals surface area contributed by atoms with Gasteiger partial charge in [0.05, 0.1) is 0 Å². The molecule has 0 radical (unpaired) electrons. The fourth-order valence-electron chi connectivity index (χ4n) is 3.42. The van der Waals surface area contributed by atoms with E-state index in [1.54, 1.807) is 0 Å². The van der Waals surface area contributed by atoms with Crippen LogP contribution in [0.4, 0.5) is 0 Å². The van der Waals surface area contributed by atoms with E-state index < -0.39 is 0 Å². The van der Waals surface area contributed by atoms with Crippen LogP contribution >= 0.6 is 23.2 Å². The number of piperazine rings is 3. The van der Waals surface area contributed by atoms with Crippen LogP contribution in [0.2, 0.25) is 10.0 Å². The Morgan fingerprint density at radius 2 is 1.85 bits per heavy atom. The molecule has 3 fully saturated rings. The highest BCUT2D eigenvalue weighted by Gasteiger charge is 2.36. The fourth-order valence-corrected chi connectivity index (χ4v) is 3.97. The molecule has 2 bridgehead atoms. The molecule has 3 saturated heterocycles. The van der Waals surface area contributed by atoms with E-state index >= 15 is 0 Å². The maximum Gasteiger partial charge on any atom is 0.0453 e. The summed E-state index contributed by atoms with van der Waals surface area (Å²) in [4.78, 5) is 5.16. The Morgan fingerprint density at radius 3 is 2.35 bits per heavy atom. The van der Waals surface area contributed by atoms with Crippen molar-refractivity contribution < 1.29 is 0 Å². The molecule has 0 aromatic heterocycles. The Balaban J connectivity index is 1.77. The predicted octanol–water partition coefficient (Wildman–Crippen LogP) is 2.12. The standard InChI is InChI=1S/C15H21Cl2N3/c1-18-14(9-11-12(16)3-2-4-13(11)17)15-10-19-5-7-20(15)8-6-19/h2-4,14-15,18H,5-10H2,1H3. The molecule has 4 rings (SSSR count). The summed E-state index contributed by atoms with van der Waals surface area (Å²) in [5.41, 5.74) is 1.06. The Bertz CT molecular complexity index is 452. The molecule has 2 atom stereocenters. The lowest BCUT2D eigenvalue weighted by Gasteiger charge is -2.50. The molecule has 20 heavy (non-hydrogen) atoms. The van der Waals surface area contributed by atoms with Crippen molar-refractivity contribution in [2.24, 2.45) is 0 Å². The number of nitrogens with one attached hydrogen (secondary N) is 1. The number of fused-ring (bicyclic) bond motifs is 3. The summed E-state index contributed by atoms with van der Waals surface area (Å²) in [5, 5.41) is 5.02. The Morgan fingerprint density at radius 1 is 1.20 bits per heavy atom. The first-order valence-electron chi connectivity index (χ1n) is 7.25. The van der Waals surface area contributed by atoms with Crippen LogP contribution < -0.4 is 5.32 Å². The van der Waals surface area contributed by atoms with Crippen LogP contribution in [0.1, 0.15) is 5.56 Å². The van der Waals surface area contributed by atoms with Gasteiger partial charge in [-0.15, -0.1) is 0 Å². The third-order valence-corrected chi connectivity index (χ3v) is 5.35. The van der Waals surface area contributed by atoms with Gasteiger partial charge < -0.3 is 5.32 Å². The number of benzene rings is 1. The Hall–Kier alpha value is -0.320. The Kier molecular flexibility index (Phi) is 4.53. The van der Waals surface area contributed by atoms with Gasteiger partial charge in [-0.2, -0.15) is 0 Å². The zero-order valence-corrected chi connectivity index (χ0v) is 13.3. The SMILES string of the molecule is CNC(Cc1c(Cl)cccc1Cl)C1CN2CCN1CC2. The van der Waals surface area contributed by atoms with E-state index in [0.29, 0.717) is 12.1 Å². The first kappa shape index (κ1) is 14.6. The maximum absolute atomic E-state index is 6.31. The predicted molar refractivity (Wildman–Crippen MR) is 84.8 cm³/mol.